The van der Waals surface area contributed by atoms with Crippen molar-refractivity contribution in [2.24, 2.45) is 11.1 Å². The van der Waals surface area contributed by atoms with Crippen molar-refractivity contribution in [3.05, 3.63) is 0 Å². The molecule has 1 saturated carbocycles. The molecular formula is C10H20N2O2. The lowest BCUT2D eigenvalue weighted by atomic mass is 10.0. The van der Waals surface area contributed by atoms with Crippen molar-refractivity contribution in [3.63, 3.8) is 0 Å². The molecule has 0 aromatic rings. The first-order valence-corrected chi connectivity index (χ1v) is 5.01. The van der Waals surface area contributed by atoms with Gasteiger partial charge in [0.2, 0.25) is 0 Å². The minimum Gasteiger partial charge on any atom is -0.388 e. The summed E-state index contributed by atoms with van der Waals surface area (Å²) in [5.41, 5.74) is 5.56. The van der Waals surface area contributed by atoms with E-state index in [0.29, 0.717) is 19.6 Å². The lowest BCUT2D eigenvalue weighted by Crippen LogP contribution is -2.24. The van der Waals surface area contributed by atoms with Crippen LogP contribution < -0.4 is 5.73 Å². The number of methoxy groups -OCH3 is 1. The molecule has 0 bridgehead atoms. The summed E-state index contributed by atoms with van der Waals surface area (Å²) in [5.74, 6) is 0.269. The normalized spacial score (nSPS) is 20.4. The van der Waals surface area contributed by atoms with Crippen LogP contribution in [0, 0.1) is 10.8 Å². The van der Waals surface area contributed by atoms with Gasteiger partial charge in [-0.05, 0) is 19.8 Å². The van der Waals surface area contributed by atoms with Crippen LogP contribution >= 0.6 is 0 Å². The van der Waals surface area contributed by atoms with Gasteiger partial charge in [0.05, 0.1) is 25.2 Å². The summed E-state index contributed by atoms with van der Waals surface area (Å²) >= 11 is 0. The van der Waals surface area contributed by atoms with E-state index in [-0.39, 0.29) is 17.4 Å². The number of nitrogens with two attached hydrogens (primary N) is 1. The molecule has 0 saturated heterocycles. The largest absolute Gasteiger partial charge is 0.388 e. The molecule has 14 heavy (non-hydrogen) atoms. The molecule has 0 amide bonds. The fourth-order valence-electron chi connectivity index (χ4n) is 1.55. The maximum atomic E-state index is 7.25. The minimum atomic E-state index is 0.129. The van der Waals surface area contributed by atoms with Crippen LogP contribution in [0.15, 0.2) is 0 Å². The van der Waals surface area contributed by atoms with E-state index in [0.717, 1.165) is 12.8 Å². The summed E-state index contributed by atoms with van der Waals surface area (Å²) in [6, 6.07) is 0. The fraction of sp³-hybridized carbons (Fsp3) is 0.900. The quantitative estimate of drug-likeness (QED) is 0.478. The zero-order valence-corrected chi connectivity index (χ0v) is 9.01. The molecular weight excluding hydrogens is 180 g/mol. The first-order valence-electron chi connectivity index (χ1n) is 5.01. The first-order chi connectivity index (χ1) is 6.58. The third-order valence-electron chi connectivity index (χ3n) is 2.60. The second kappa shape index (κ2) is 4.75. The third-order valence-corrected chi connectivity index (χ3v) is 2.60. The molecule has 82 valence electrons. The Morgan fingerprint density at radius 3 is 2.64 bits per heavy atom. The Balaban J connectivity index is 2.20. The van der Waals surface area contributed by atoms with Gasteiger partial charge in [0.15, 0.2) is 0 Å². The molecule has 3 N–H and O–H groups in total. The molecule has 0 aliphatic heterocycles. The Labute approximate surface area is 85.3 Å². The standard InChI is InChI=1S/C10H20N2O2/c1-8(6-13-2)14-7-10(3-4-10)5-9(11)12/h8H,3-7H2,1-2H3,(H3,11,12). The van der Waals surface area contributed by atoms with Gasteiger partial charge in [-0.15, -0.1) is 0 Å². The van der Waals surface area contributed by atoms with Crippen molar-refractivity contribution in [1.29, 1.82) is 5.41 Å². The number of rotatable bonds is 7. The molecule has 0 heterocycles. The van der Waals surface area contributed by atoms with Crippen molar-refractivity contribution in [3.8, 4) is 0 Å². The van der Waals surface area contributed by atoms with Crippen LogP contribution in [-0.2, 0) is 9.47 Å². The highest BCUT2D eigenvalue weighted by Crippen LogP contribution is 2.48. The van der Waals surface area contributed by atoms with Crippen LogP contribution in [0.4, 0.5) is 0 Å². The summed E-state index contributed by atoms with van der Waals surface area (Å²) in [4.78, 5) is 0. The molecule has 4 nitrogen and oxygen atoms in total. The van der Waals surface area contributed by atoms with Gasteiger partial charge in [-0.25, -0.2) is 0 Å². The van der Waals surface area contributed by atoms with E-state index in [1.54, 1.807) is 7.11 Å². The fourth-order valence-corrected chi connectivity index (χ4v) is 1.55. The minimum absolute atomic E-state index is 0.129. The van der Waals surface area contributed by atoms with Crippen LogP contribution in [-0.4, -0.2) is 32.3 Å². The summed E-state index contributed by atoms with van der Waals surface area (Å²) in [7, 11) is 1.67. The summed E-state index contributed by atoms with van der Waals surface area (Å²) < 4.78 is 10.6. The average molecular weight is 200 g/mol. The Bertz CT molecular complexity index is 202. The van der Waals surface area contributed by atoms with Crippen LogP contribution in [0.2, 0.25) is 0 Å². The highest BCUT2D eigenvalue weighted by molar-refractivity contribution is 5.78. The molecule has 0 spiro atoms. The SMILES string of the molecule is COCC(C)OCC1(CC(=N)N)CC1. The maximum absolute atomic E-state index is 7.25. The monoisotopic (exact) mass is 200 g/mol. The number of hydrogen-bond donors (Lipinski definition) is 2. The predicted octanol–water partition coefficient (Wildman–Crippen LogP) is 1.14. The summed E-state index contributed by atoms with van der Waals surface area (Å²) in [5, 5.41) is 7.25. The topological polar surface area (TPSA) is 68.3 Å². The number of amidine groups is 1. The van der Waals surface area contributed by atoms with Gasteiger partial charge in [-0.1, -0.05) is 0 Å². The van der Waals surface area contributed by atoms with Crippen molar-refractivity contribution in [1.82, 2.24) is 0 Å². The predicted molar refractivity (Wildman–Crippen MR) is 55.5 cm³/mol. The zero-order chi connectivity index (χ0) is 10.6. The van der Waals surface area contributed by atoms with Gasteiger partial charge in [0.1, 0.15) is 0 Å². The second-order valence-corrected chi connectivity index (χ2v) is 4.28. The van der Waals surface area contributed by atoms with Crippen LogP contribution in [0.5, 0.6) is 0 Å². The summed E-state index contributed by atoms with van der Waals surface area (Å²) in [6.45, 7) is 3.32. The van der Waals surface area contributed by atoms with E-state index in [2.05, 4.69) is 0 Å². The summed E-state index contributed by atoms with van der Waals surface area (Å²) in [6.07, 6.45) is 3.06. The van der Waals surface area contributed by atoms with Gasteiger partial charge in [-0.2, -0.15) is 0 Å². The molecule has 0 aromatic carbocycles. The van der Waals surface area contributed by atoms with Crippen molar-refractivity contribution in [2.75, 3.05) is 20.3 Å². The van der Waals surface area contributed by atoms with Gasteiger partial charge < -0.3 is 15.2 Å². The zero-order valence-electron chi connectivity index (χ0n) is 9.01. The smallest absolute Gasteiger partial charge is 0.0911 e. The Hall–Kier alpha value is -0.610. The lowest BCUT2D eigenvalue weighted by molar-refractivity contribution is -0.0105. The van der Waals surface area contributed by atoms with Gasteiger partial charge in [0, 0.05) is 18.9 Å². The molecule has 1 fully saturated rings. The highest BCUT2D eigenvalue weighted by atomic mass is 16.5. The van der Waals surface area contributed by atoms with Gasteiger partial charge in [-0.3, -0.25) is 5.41 Å². The van der Waals surface area contributed by atoms with Crippen molar-refractivity contribution < 1.29 is 9.47 Å². The van der Waals surface area contributed by atoms with Gasteiger partial charge in [0.25, 0.3) is 0 Å². The van der Waals surface area contributed by atoms with Crippen LogP contribution in [0.3, 0.4) is 0 Å². The van der Waals surface area contributed by atoms with E-state index < -0.39 is 0 Å². The first kappa shape index (κ1) is 11.5. The van der Waals surface area contributed by atoms with Crippen LogP contribution in [0.25, 0.3) is 0 Å². The second-order valence-electron chi connectivity index (χ2n) is 4.28. The molecule has 1 aliphatic rings. The van der Waals surface area contributed by atoms with Crippen molar-refractivity contribution in [2.45, 2.75) is 32.3 Å². The number of ether oxygens (including phenoxy) is 2. The Morgan fingerprint density at radius 1 is 1.57 bits per heavy atom. The Kier molecular flexibility index (Phi) is 3.89. The van der Waals surface area contributed by atoms with E-state index in [1.807, 2.05) is 6.92 Å². The number of nitrogens with one attached hydrogen (secondary N) is 1. The van der Waals surface area contributed by atoms with Crippen molar-refractivity contribution >= 4 is 5.84 Å². The van der Waals surface area contributed by atoms with Gasteiger partial charge >= 0.3 is 0 Å². The molecule has 1 unspecified atom stereocenters. The molecule has 0 radical (unpaired) electrons. The van der Waals surface area contributed by atoms with E-state index in [9.17, 15) is 0 Å². The third kappa shape index (κ3) is 3.64. The van der Waals surface area contributed by atoms with E-state index >= 15 is 0 Å². The molecule has 1 atom stereocenters. The molecule has 4 heteroatoms. The Morgan fingerprint density at radius 2 is 2.21 bits per heavy atom. The highest BCUT2D eigenvalue weighted by Gasteiger charge is 2.43. The molecule has 1 aliphatic carbocycles. The lowest BCUT2D eigenvalue weighted by Gasteiger charge is -2.18. The molecule has 0 aromatic heterocycles. The van der Waals surface area contributed by atoms with Crippen LogP contribution in [0.1, 0.15) is 26.2 Å². The molecule has 1 rings (SSSR count). The average Bonchev–Trinajstić information content (AvgIpc) is 2.82. The van der Waals surface area contributed by atoms with E-state index in [4.69, 9.17) is 20.6 Å². The van der Waals surface area contributed by atoms with E-state index in [1.165, 1.54) is 0 Å². The number of hydrogen-bond acceptors (Lipinski definition) is 3. The maximum Gasteiger partial charge on any atom is 0.0911 e.